The molecule has 5 heteroatoms. The smallest absolute Gasteiger partial charge is 0.145 e. The molecule has 0 aromatic carbocycles. The molecule has 0 aliphatic carbocycles. The molecule has 1 aromatic heterocycles. The first-order valence-corrected chi connectivity index (χ1v) is 5.42. The van der Waals surface area contributed by atoms with Crippen LogP contribution in [0.5, 0.6) is 0 Å². The summed E-state index contributed by atoms with van der Waals surface area (Å²) in [5.74, 6) is 1.15. The lowest BCUT2D eigenvalue weighted by molar-refractivity contribution is 0.634. The van der Waals surface area contributed by atoms with Crippen molar-refractivity contribution in [1.29, 1.82) is 0 Å². The molecule has 0 radical (unpaired) electrons. The molecule has 0 spiro atoms. The van der Waals surface area contributed by atoms with Crippen LogP contribution in [0.2, 0.25) is 0 Å². The van der Waals surface area contributed by atoms with Crippen molar-refractivity contribution < 1.29 is 4.21 Å². The van der Waals surface area contributed by atoms with E-state index in [1.165, 1.54) is 0 Å². The van der Waals surface area contributed by atoms with Gasteiger partial charge in [-0.1, -0.05) is 0 Å². The largest absolute Gasteiger partial charge is 0.382 e. The molecule has 2 N–H and O–H groups in total. The minimum Gasteiger partial charge on any atom is -0.382 e. The van der Waals surface area contributed by atoms with Gasteiger partial charge in [0.25, 0.3) is 0 Å². The molecule has 4 nitrogen and oxygen atoms in total. The lowest BCUT2D eigenvalue weighted by Gasteiger charge is -2.00. The molecular formula is C7H13N3OS. The third-order valence-electron chi connectivity index (χ3n) is 1.59. The van der Waals surface area contributed by atoms with Crippen LogP contribution in [0.15, 0.2) is 6.07 Å². The van der Waals surface area contributed by atoms with E-state index < -0.39 is 10.8 Å². The van der Waals surface area contributed by atoms with Gasteiger partial charge >= 0.3 is 0 Å². The molecule has 1 rings (SSSR count). The van der Waals surface area contributed by atoms with E-state index >= 15 is 0 Å². The van der Waals surface area contributed by atoms with E-state index in [9.17, 15) is 4.21 Å². The molecule has 12 heavy (non-hydrogen) atoms. The van der Waals surface area contributed by atoms with Crippen LogP contribution >= 0.6 is 0 Å². The zero-order chi connectivity index (χ0) is 9.14. The number of hydrogen-bond donors (Lipinski definition) is 1. The summed E-state index contributed by atoms with van der Waals surface area (Å²) in [6, 6.07) is 1.80. The van der Waals surface area contributed by atoms with Gasteiger partial charge in [0.15, 0.2) is 0 Å². The standard InChI is InChI=1S/C7H13N3OS/c1-6-5-7(8)9-10(6)3-4-12(2)11/h5H,3-4H2,1-2H3,(H2,8,9). The third kappa shape index (κ3) is 2.34. The molecule has 0 fully saturated rings. The summed E-state index contributed by atoms with van der Waals surface area (Å²) in [5.41, 5.74) is 6.49. The Labute approximate surface area is 74.2 Å². The van der Waals surface area contributed by atoms with Crippen molar-refractivity contribution in [3.05, 3.63) is 11.8 Å². The lowest BCUT2D eigenvalue weighted by atomic mass is 10.5. The fraction of sp³-hybridized carbons (Fsp3) is 0.571. The first kappa shape index (κ1) is 9.25. The number of anilines is 1. The summed E-state index contributed by atoms with van der Waals surface area (Å²) in [6.45, 7) is 2.61. The maximum absolute atomic E-state index is 10.8. The number of aromatic nitrogens is 2. The lowest BCUT2D eigenvalue weighted by Crippen LogP contribution is -2.09. The highest BCUT2D eigenvalue weighted by Gasteiger charge is 2.00. The van der Waals surface area contributed by atoms with Crippen molar-refractivity contribution in [2.45, 2.75) is 13.5 Å². The van der Waals surface area contributed by atoms with E-state index in [2.05, 4.69) is 5.10 Å². The van der Waals surface area contributed by atoms with Gasteiger partial charge in [-0.2, -0.15) is 5.10 Å². The zero-order valence-corrected chi connectivity index (χ0v) is 8.10. The fourth-order valence-corrected chi connectivity index (χ4v) is 1.41. The Morgan fingerprint density at radius 3 is 2.83 bits per heavy atom. The number of rotatable bonds is 3. The molecule has 0 aliphatic rings. The highest BCUT2D eigenvalue weighted by molar-refractivity contribution is 7.84. The molecule has 1 atom stereocenters. The van der Waals surface area contributed by atoms with Crippen LogP contribution in [-0.4, -0.2) is 26.0 Å². The minimum atomic E-state index is -0.767. The van der Waals surface area contributed by atoms with Crippen molar-refractivity contribution in [2.75, 3.05) is 17.7 Å². The molecular weight excluding hydrogens is 174 g/mol. The predicted octanol–water partition coefficient (Wildman–Crippen LogP) is 0.152. The van der Waals surface area contributed by atoms with Crippen molar-refractivity contribution in [3.63, 3.8) is 0 Å². The van der Waals surface area contributed by atoms with E-state index in [0.29, 0.717) is 18.1 Å². The average Bonchev–Trinajstić information content (AvgIpc) is 2.26. The second-order valence-corrected chi connectivity index (χ2v) is 4.27. The van der Waals surface area contributed by atoms with Crippen LogP contribution in [-0.2, 0) is 17.3 Å². The van der Waals surface area contributed by atoms with Gasteiger partial charge in [-0.3, -0.25) is 8.89 Å². The van der Waals surface area contributed by atoms with Crippen molar-refractivity contribution >= 4 is 16.6 Å². The van der Waals surface area contributed by atoms with E-state index in [1.54, 1.807) is 17.0 Å². The Hall–Kier alpha value is -0.840. The zero-order valence-electron chi connectivity index (χ0n) is 7.28. The van der Waals surface area contributed by atoms with Crippen LogP contribution < -0.4 is 5.73 Å². The molecule has 0 bridgehead atoms. The van der Waals surface area contributed by atoms with Crippen LogP contribution in [0.1, 0.15) is 5.69 Å². The maximum atomic E-state index is 10.8. The first-order valence-electron chi connectivity index (χ1n) is 3.69. The first-order chi connectivity index (χ1) is 5.59. The number of hydrogen-bond acceptors (Lipinski definition) is 3. The Balaban J connectivity index is 2.62. The van der Waals surface area contributed by atoms with Crippen molar-refractivity contribution in [2.24, 2.45) is 0 Å². The monoisotopic (exact) mass is 187 g/mol. The van der Waals surface area contributed by atoms with Crippen molar-refractivity contribution in [1.82, 2.24) is 9.78 Å². The van der Waals surface area contributed by atoms with Gasteiger partial charge in [-0.25, -0.2) is 0 Å². The minimum absolute atomic E-state index is 0.523. The summed E-state index contributed by atoms with van der Waals surface area (Å²) >= 11 is 0. The van der Waals surface area contributed by atoms with E-state index in [-0.39, 0.29) is 0 Å². The summed E-state index contributed by atoms with van der Waals surface area (Å²) in [6.07, 6.45) is 1.68. The molecule has 68 valence electrons. The normalized spacial score (nSPS) is 13.2. The van der Waals surface area contributed by atoms with Crippen LogP contribution in [0.25, 0.3) is 0 Å². The van der Waals surface area contributed by atoms with Gasteiger partial charge in [0.05, 0.1) is 6.54 Å². The Morgan fingerprint density at radius 2 is 2.42 bits per heavy atom. The number of aryl methyl sites for hydroxylation is 2. The SMILES string of the molecule is Cc1cc(N)nn1CCS(C)=O. The predicted molar refractivity (Wildman–Crippen MR) is 50.3 cm³/mol. The summed E-state index contributed by atoms with van der Waals surface area (Å²) < 4.78 is 12.5. The van der Waals surface area contributed by atoms with Gasteiger partial charge in [0.2, 0.25) is 0 Å². The number of nitrogens with zero attached hydrogens (tertiary/aromatic N) is 2. The van der Waals surface area contributed by atoms with Gasteiger partial charge in [-0.15, -0.1) is 0 Å². The maximum Gasteiger partial charge on any atom is 0.145 e. The molecule has 1 unspecified atom stereocenters. The van der Waals surface area contributed by atoms with Gasteiger partial charge in [0, 0.05) is 34.6 Å². The van der Waals surface area contributed by atoms with Crippen LogP contribution in [0, 0.1) is 6.92 Å². The van der Waals surface area contributed by atoms with Crippen LogP contribution in [0.3, 0.4) is 0 Å². The topological polar surface area (TPSA) is 60.9 Å². The number of nitrogens with two attached hydrogens (primary N) is 1. The molecule has 0 amide bonds. The number of nitrogen functional groups attached to an aromatic ring is 1. The Bertz CT molecular complexity index is 295. The van der Waals surface area contributed by atoms with Gasteiger partial charge < -0.3 is 5.73 Å². The van der Waals surface area contributed by atoms with E-state index in [0.717, 1.165) is 5.69 Å². The van der Waals surface area contributed by atoms with E-state index in [4.69, 9.17) is 5.73 Å². The Morgan fingerprint density at radius 1 is 1.75 bits per heavy atom. The highest BCUT2D eigenvalue weighted by atomic mass is 32.2. The van der Waals surface area contributed by atoms with Crippen LogP contribution in [0.4, 0.5) is 5.82 Å². The second kappa shape index (κ2) is 3.71. The third-order valence-corrected chi connectivity index (χ3v) is 2.35. The summed E-state index contributed by atoms with van der Waals surface area (Å²) in [7, 11) is -0.767. The van der Waals surface area contributed by atoms with Gasteiger partial charge in [0.1, 0.15) is 5.82 Å². The summed E-state index contributed by atoms with van der Waals surface area (Å²) in [4.78, 5) is 0. The summed E-state index contributed by atoms with van der Waals surface area (Å²) in [5, 5.41) is 4.04. The molecule has 0 saturated carbocycles. The Kier molecular flexibility index (Phi) is 2.86. The quantitative estimate of drug-likeness (QED) is 0.733. The molecule has 0 aliphatic heterocycles. The van der Waals surface area contributed by atoms with Crippen molar-refractivity contribution in [3.8, 4) is 0 Å². The molecule has 1 heterocycles. The van der Waals surface area contributed by atoms with E-state index in [1.807, 2.05) is 6.92 Å². The fourth-order valence-electron chi connectivity index (χ4n) is 0.977. The second-order valence-electron chi connectivity index (χ2n) is 2.71. The highest BCUT2D eigenvalue weighted by Crippen LogP contribution is 2.03. The van der Waals surface area contributed by atoms with Gasteiger partial charge in [-0.05, 0) is 6.92 Å². The average molecular weight is 187 g/mol. The molecule has 1 aromatic rings. The molecule has 0 saturated heterocycles.